The maximum Gasteiger partial charge on any atom is 0.178 e. The molecule has 582 valence electrons. The summed E-state index contributed by atoms with van der Waals surface area (Å²) in [4.78, 5) is 100. The fraction of sp³-hybridized carbons (Fsp3) is 0.575. The maximum atomic E-state index is 13.7. The largest absolute Gasteiger partial charge is 0.486 e. The first kappa shape index (κ1) is 75.9. The number of H-pyrrole nitrogens is 3. The monoisotopic (exact) mass is 1550 g/mol. The number of fused-ring (bicyclic) bond motifs is 19. The lowest BCUT2D eigenvalue weighted by atomic mass is 9.45. The number of nitrogens with one attached hydrogen (secondary N) is 3. The van der Waals surface area contributed by atoms with Gasteiger partial charge in [-0.1, -0.05) is 124 Å². The number of aliphatic hydroxyl groups excluding tert-OH is 3. The lowest BCUT2D eigenvalue weighted by Crippen LogP contribution is -2.61. The van der Waals surface area contributed by atoms with Gasteiger partial charge < -0.3 is 55.1 Å². The summed E-state index contributed by atoms with van der Waals surface area (Å²) >= 11 is 4.16. The third kappa shape index (κ3) is 12.0. The molecule has 0 spiro atoms. The molecule has 0 radical (unpaired) electrons. The number of Topliss-reactive ketones (excluding diaryl/α,β-unsaturated/α-hetero) is 3. The van der Waals surface area contributed by atoms with Crippen LogP contribution in [0.1, 0.15) is 156 Å². The second-order valence-corrected chi connectivity index (χ2v) is 38.8. The standard InChI is InChI=1S/C30H34N2O6S.C29H32N4O4S.C28H36O4S/c1-28-7-5-17(33)11-16(28)3-4-18-19-6-8-30(36,29(19,2)14-22(34)26(18)28)25(35)15-39-27-31-20-12-23-24(13-21(20)32-27)38-10-9-37-23;1-27-7-5-16(34)9-15(27)3-4-17-18-6-8-29(37,28(18,2)12-23(35)25(17)27)24(36)13-38-26-32-21-10-19-20(31-14-30-19)11-22(21)33-26;1-26-12-10-20(29)14-19(26)8-9-21-22-11-13-28(32,27(22,2)15-23(30)25(21)26)24(31)17-33-16-18-6-4-3-5-7-18/h5,7,11-13,18-19,22,26,34,36H,3-4,6,8-10,14-15H2,1-2H3,(H,31,32);5,7,9-11,14,17-18,23,25,35,37H,3-4,6,8,12-13H2,1-2H3,(H,30,31)(H,32,33);3-7,14,21-23,25,30,32H,8-13,15-17H2,1-2H3/t18?,19?,22-,26?,28?,29?,30-;17?,18?,23-,25?,27?,28?,29-;21?,22?,23-,25?,26?,27?,28-/m000/s1. The number of hydrogen-bond donors (Lipinski definition) is 9. The predicted octanol–water partition coefficient (Wildman–Crippen LogP) is 12.8. The number of aromatic amines is 3. The molecule has 19 rings (SSSR count). The Kier molecular flexibility index (Phi) is 19.1. The number of rotatable bonds is 13. The average molecular weight is 1550 g/mol. The molecule has 3 aromatic carbocycles. The molecule has 0 bridgehead atoms. The van der Waals surface area contributed by atoms with Crippen LogP contribution in [0.5, 0.6) is 11.5 Å². The molecule has 12 aliphatic carbocycles. The van der Waals surface area contributed by atoms with Gasteiger partial charge in [-0.3, -0.25) is 28.8 Å². The number of aliphatic hydroxyl groups is 6. The van der Waals surface area contributed by atoms with E-state index in [1.165, 1.54) is 34.7 Å². The van der Waals surface area contributed by atoms with E-state index in [1.54, 1.807) is 42.4 Å². The van der Waals surface area contributed by atoms with Crippen LogP contribution in [0.3, 0.4) is 0 Å². The van der Waals surface area contributed by atoms with Crippen LogP contribution in [-0.2, 0) is 34.5 Å². The molecule has 3 aromatic heterocycles. The van der Waals surface area contributed by atoms with Gasteiger partial charge in [-0.25, -0.2) is 15.0 Å². The van der Waals surface area contributed by atoms with Crippen molar-refractivity contribution in [1.29, 1.82) is 0 Å². The Bertz CT molecular complexity index is 4840. The second-order valence-electron chi connectivity index (χ2n) is 35.9. The molecule has 0 saturated heterocycles. The van der Waals surface area contributed by atoms with Crippen LogP contribution in [0.2, 0.25) is 0 Å². The minimum absolute atomic E-state index is 0.0140. The van der Waals surface area contributed by atoms with Crippen molar-refractivity contribution < 1.29 is 68.9 Å². The van der Waals surface area contributed by atoms with E-state index in [2.05, 4.69) is 69.7 Å². The van der Waals surface area contributed by atoms with Crippen molar-refractivity contribution in [2.45, 2.75) is 202 Å². The van der Waals surface area contributed by atoms with Crippen LogP contribution in [0.25, 0.3) is 33.1 Å². The third-order valence-electron chi connectivity index (χ3n) is 30.9. The van der Waals surface area contributed by atoms with Crippen molar-refractivity contribution in [2.24, 2.45) is 85.8 Å². The van der Waals surface area contributed by atoms with Crippen LogP contribution >= 0.6 is 35.3 Å². The fourth-order valence-corrected chi connectivity index (χ4v) is 27.9. The van der Waals surface area contributed by atoms with Gasteiger partial charge in [0.2, 0.25) is 0 Å². The number of nitrogens with zero attached hydrogens (tertiary/aromatic N) is 3. The molecule has 9 saturated carbocycles. The van der Waals surface area contributed by atoms with Gasteiger partial charge in [0.15, 0.2) is 56.5 Å². The lowest BCUT2D eigenvalue weighted by molar-refractivity contribution is -0.178. The zero-order valence-electron chi connectivity index (χ0n) is 63.5. The van der Waals surface area contributed by atoms with Gasteiger partial charge in [-0.2, -0.15) is 0 Å². The van der Waals surface area contributed by atoms with Crippen LogP contribution in [0, 0.1) is 85.8 Å². The number of carbonyl (C=O) groups is 6. The summed E-state index contributed by atoms with van der Waals surface area (Å²) in [7, 11) is 0. The number of ether oxygens (including phenoxy) is 2. The van der Waals surface area contributed by atoms with Gasteiger partial charge in [0.1, 0.15) is 30.0 Å². The molecule has 15 unspecified atom stereocenters. The minimum Gasteiger partial charge on any atom is -0.486 e. The zero-order valence-corrected chi connectivity index (χ0v) is 66.0. The molecule has 110 heavy (non-hydrogen) atoms. The zero-order chi connectivity index (χ0) is 77.0. The molecular weight excluding hydrogens is 1450 g/mol. The van der Waals surface area contributed by atoms with E-state index >= 15 is 0 Å². The van der Waals surface area contributed by atoms with E-state index < -0.39 is 51.4 Å². The summed E-state index contributed by atoms with van der Waals surface area (Å²) in [5.41, 5.74) is 2.30. The highest BCUT2D eigenvalue weighted by Crippen LogP contribution is 2.71. The summed E-state index contributed by atoms with van der Waals surface area (Å²) in [5, 5.41) is 71.7. The highest BCUT2D eigenvalue weighted by Gasteiger charge is 2.72. The smallest absolute Gasteiger partial charge is 0.178 e. The number of carbonyl (C=O) groups excluding carboxylic acids is 6. The molecular formula is C87H102N6O14S3. The van der Waals surface area contributed by atoms with Crippen molar-refractivity contribution >= 4 is 103 Å². The van der Waals surface area contributed by atoms with Gasteiger partial charge in [-0.05, 0) is 198 Å². The van der Waals surface area contributed by atoms with Gasteiger partial charge in [-0.15, -0.1) is 11.8 Å². The van der Waals surface area contributed by atoms with Crippen LogP contribution in [0.15, 0.2) is 130 Å². The Hall–Kier alpha value is -6.80. The number of benzene rings is 3. The highest BCUT2D eigenvalue weighted by molar-refractivity contribution is 8.00. The van der Waals surface area contributed by atoms with E-state index in [4.69, 9.17) is 9.47 Å². The van der Waals surface area contributed by atoms with Gasteiger partial charge in [0.25, 0.3) is 0 Å². The maximum absolute atomic E-state index is 13.7. The molecule has 20 nitrogen and oxygen atoms in total. The first-order valence-electron chi connectivity index (χ1n) is 39.9. The molecule has 23 heteroatoms. The number of imidazole rings is 3. The summed E-state index contributed by atoms with van der Waals surface area (Å²) in [6.07, 6.45) is 23.7. The molecule has 9 N–H and O–H groups in total. The van der Waals surface area contributed by atoms with Crippen molar-refractivity contribution in [1.82, 2.24) is 29.9 Å². The third-order valence-corrected chi connectivity index (χ3v) is 33.6. The highest BCUT2D eigenvalue weighted by atomic mass is 32.2. The number of aromatic nitrogens is 6. The summed E-state index contributed by atoms with van der Waals surface area (Å²) < 4.78 is 11.3. The van der Waals surface area contributed by atoms with Crippen molar-refractivity contribution in [3.63, 3.8) is 0 Å². The number of allylic oxidation sites excluding steroid dienone is 9. The Balaban J connectivity index is 0.000000121. The van der Waals surface area contributed by atoms with Gasteiger partial charge in [0.05, 0.1) is 75.0 Å². The van der Waals surface area contributed by atoms with E-state index in [1.807, 2.05) is 74.5 Å². The van der Waals surface area contributed by atoms with Crippen LogP contribution < -0.4 is 9.47 Å². The molecule has 1 aliphatic heterocycles. The average Bonchev–Trinajstić information content (AvgIpc) is 1.45. The first-order chi connectivity index (χ1) is 52.4. The summed E-state index contributed by atoms with van der Waals surface area (Å²) in [6, 6.07) is 17.7. The first-order valence-corrected chi connectivity index (χ1v) is 43.0. The molecule has 21 atom stereocenters. The van der Waals surface area contributed by atoms with Gasteiger partial charge in [0, 0.05) is 63.2 Å². The Morgan fingerprint density at radius 2 is 0.982 bits per heavy atom. The van der Waals surface area contributed by atoms with Crippen LogP contribution in [-0.4, -0.2) is 161 Å². The van der Waals surface area contributed by atoms with E-state index in [0.717, 1.165) is 114 Å². The van der Waals surface area contributed by atoms with E-state index in [-0.39, 0.29) is 116 Å². The SMILES string of the molecule is CC12C=CC(=O)C=C1CCC1C2[C@@H](O)CC2(C)C1CC[C@]2(O)C(=O)CSc1nc2cc3c(cc2[nH]1)OCCO3.CC12C=CC(=O)C=C1CCC1C2[C@@H](O)CC2(C)C1CC[C@]2(O)C(=O)CSc1nc2cc3nc[nH]c3cc2[nH]1.CC12CCC(=O)C=C1CCC1C2[C@@H](O)CC2(C)C1CC[C@]2(O)C(=O)CSCc1ccccc1. The van der Waals surface area contributed by atoms with Crippen molar-refractivity contribution in [3.05, 3.63) is 126 Å². The Labute approximate surface area is 653 Å². The Morgan fingerprint density at radius 3 is 1.51 bits per heavy atom. The molecule has 4 heterocycles. The molecule has 13 aliphatic rings. The van der Waals surface area contributed by atoms with Crippen LogP contribution in [0.4, 0.5) is 0 Å². The van der Waals surface area contributed by atoms with E-state index in [9.17, 15) is 59.4 Å². The molecule has 0 amide bonds. The van der Waals surface area contributed by atoms with Gasteiger partial charge >= 0.3 is 0 Å². The summed E-state index contributed by atoms with van der Waals surface area (Å²) in [5.74, 6) is 3.55. The van der Waals surface area contributed by atoms with Crippen molar-refractivity contribution in [2.75, 3.05) is 30.5 Å². The minimum atomic E-state index is -1.50. The lowest BCUT2D eigenvalue weighted by Gasteiger charge is -2.60. The van der Waals surface area contributed by atoms with E-state index in [0.29, 0.717) is 85.7 Å². The second kappa shape index (κ2) is 27.8. The molecule has 6 aromatic rings. The normalized spacial score (nSPS) is 39.6. The molecule has 9 fully saturated rings. The number of hydrogen-bond acceptors (Lipinski definition) is 20. The topological polar surface area (TPSA) is 328 Å². The summed E-state index contributed by atoms with van der Waals surface area (Å²) in [6.45, 7) is 13.6. The Morgan fingerprint density at radius 1 is 0.518 bits per heavy atom. The van der Waals surface area contributed by atoms with Crippen molar-refractivity contribution in [3.8, 4) is 11.5 Å². The number of ketones is 6. The fourth-order valence-electron chi connectivity index (χ4n) is 25.3. The predicted molar refractivity (Wildman–Crippen MR) is 421 cm³/mol. The number of thioether (sulfide) groups is 3. The quantitative estimate of drug-likeness (QED) is 0.0485.